The van der Waals surface area contributed by atoms with Gasteiger partial charge in [-0.2, -0.15) is 0 Å². The Morgan fingerprint density at radius 1 is 1.00 bits per heavy atom. The molecule has 0 amide bonds. The van der Waals surface area contributed by atoms with E-state index < -0.39 is 0 Å². The van der Waals surface area contributed by atoms with E-state index in [-0.39, 0.29) is 0 Å². The van der Waals surface area contributed by atoms with Crippen LogP contribution >= 0.6 is 15.9 Å². The van der Waals surface area contributed by atoms with Crippen LogP contribution in [0.2, 0.25) is 0 Å². The number of fused-ring (bicyclic) bond motifs is 1. The summed E-state index contributed by atoms with van der Waals surface area (Å²) in [4.78, 5) is 0. The lowest BCUT2D eigenvalue weighted by atomic mass is 10.1. The first kappa shape index (κ1) is 10.3. The molecule has 2 aromatic rings. The van der Waals surface area contributed by atoms with Gasteiger partial charge in [-0.1, -0.05) is 12.1 Å². The second-order valence-corrected chi connectivity index (χ2v) is 4.02. The molecule has 2 rings (SSSR count). The highest BCUT2D eigenvalue weighted by molar-refractivity contribution is 9.10. The fourth-order valence-corrected chi connectivity index (χ4v) is 2.11. The van der Waals surface area contributed by atoms with Gasteiger partial charge in [-0.15, -0.1) is 0 Å². The molecular formula is C12H11BrO2. The van der Waals surface area contributed by atoms with Gasteiger partial charge in [0.25, 0.3) is 0 Å². The minimum absolute atomic E-state index is 0.812. The first-order valence-corrected chi connectivity index (χ1v) is 5.36. The zero-order valence-corrected chi connectivity index (χ0v) is 10.2. The molecule has 2 nitrogen and oxygen atoms in total. The number of benzene rings is 2. The Hall–Kier alpha value is -1.22. The van der Waals surface area contributed by atoms with Crippen molar-refractivity contribution < 1.29 is 9.47 Å². The van der Waals surface area contributed by atoms with Crippen LogP contribution in [0.1, 0.15) is 0 Å². The quantitative estimate of drug-likeness (QED) is 0.827. The standard InChI is InChI=1S/C12H11BrO2/c1-14-11-5-3-4-8-6-10(13)12(15-2)7-9(8)11/h3-7H,1-2H3. The first-order valence-electron chi connectivity index (χ1n) is 4.56. The molecule has 0 aliphatic carbocycles. The van der Waals surface area contributed by atoms with E-state index in [9.17, 15) is 0 Å². The van der Waals surface area contributed by atoms with Gasteiger partial charge in [0, 0.05) is 5.39 Å². The van der Waals surface area contributed by atoms with Crippen molar-refractivity contribution in [3.63, 3.8) is 0 Å². The summed E-state index contributed by atoms with van der Waals surface area (Å²) in [6, 6.07) is 9.95. The molecule has 0 heterocycles. The maximum absolute atomic E-state index is 5.30. The van der Waals surface area contributed by atoms with Gasteiger partial charge in [-0.05, 0) is 39.5 Å². The summed E-state index contributed by atoms with van der Waals surface area (Å²) in [6.45, 7) is 0. The molecule has 0 saturated carbocycles. The maximum atomic E-state index is 5.30. The van der Waals surface area contributed by atoms with Crippen molar-refractivity contribution >= 4 is 26.7 Å². The zero-order valence-electron chi connectivity index (χ0n) is 8.58. The van der Waals surface area contributed by atoms with Gasteiger partial charge in [0.05, 0.1) is 18.7 Å². The molecule has 0 spiro atoms. The Morgan fingerprint density at radius 2 is 1.73 bits per heavy atom. The Bertz CT molecular complexity index is 494. The Balaban J connectivity index is 2.76. The van der Waals surface area contributed by atoms with Gasteiger partial charge in [-0.3, -0.25) is 0 Å². The minimum Gasteiger partial charge on any atom is -0.496 e. The second-order valence-electron chi connectivity index (χ2n) is 3.17. The fraction of sp³-hybridized carbons (Fsp3) is 0.167. The number of methoxy groups -OCH3 is 2. The molecule has 0 aromatic heterocycles. The Kier molecular flexibility index (Phi) is 2.82. The fourth-order valence-electron chi connectivity index (χ4n) is 1.58. The number of hydrogen-bond donors (Lipinski definition) is 0. The van der Waals surface area contributed by atoms with Crippen LogP contribution in [0, 0.1) is 0 Å². The van der Waals surface area contributed by atoms with E-state index >= 15 is 0 Å². The third-order valence-electron chi connectivity index (χ3n) is 2.33. The molecule has 0 bridgehead atoms. The smallest absolute Gasteiger partial charge is 0.133 e. The second kappa shape index (κ2) is 4.11. The van der Waals surface area contributed by atoms with Gasteiger partial charge >= 0.3 is 0 Å². The normalized spacial score (nSPS) is 10.3. The molecule has 0 atom stereocenters. The monoisotopic (exact) mass is 266 g/mol. The van der Waals surface area contributed by atoms with Gasteiger partial charge in [0.2, 0.25) is 0 Å². The van der Waals surface area contributed by atoms with Crippen LogP contribution in [0.25, 0.3) is 10.8 Å². The molecule has 3 heteroatoms. The minimum atomic E-state index is 0.812. The summed E-state index contributed by atoms with van der Waals surface area (Å²) in [5.74, 6) is 1.67. The molecule has 0 unspecified atom stereocenters. The van der Waals surface area contributed by atoms with Gasteiger partial charge in [-0.25, -0.2) is 0 Å². The molecule has 0 aliphatic rings. The van der Waals surface area contributed by atoms with E-state index in [4.69, 9.17) is 9.47 Å². The molecule has 0 fully saturated rings. The van der Waals surface area contributed by atoms with Crippen LogP contribution in [0.5, 0.6) is 11.5 Å². The van der Waals surface area contributed by atoms with E-state index in [2.05, 4.69) is 15.9 Å². The molecule has 78 valence electrons. The third kappa shape index (κ3) is 1.79. The highest BCUT2D eigenvalue weighted by atomic mass is 79.9. The van der Waals surface area contributed by atoms with Gasteiger partial charge in [0.1, 0.15) is 11.5 Å². The summed E-state index contributed by atoms with van der Waals surface area (Å²) in [5, 5.41) is 2.18. The topological polar surface area (TPSA) is 18.5 Å². The lowest BCUT2D eigenvalue weighted by Gasteiger charge is -2.08. The summed E-state index contributed by atoms with van der Waals surface area (Å²) < 4.78 is 11.5. The summed E-state index contributed by atoms with van der Waals surface area (Å²) in [7, 11) is 3.32. The maximum Gasteiger partial charge on any atom is 0.133 e. The van der Waals surface area contributed by atoms with Crippen molar-refractivity contribution in [3.05, 3.63) is 34.8 Å². The van der Waals surface area contributed by atoms with E-state index in [1.165, 1.54) is 0 Å². The van der Waals surface area contributed by atoms with Crippen LogP contribution in [-0.4, -0.2) is 14.2 Å². The van der Waals surface area contributed by atoms with Gasteiger partial charge in [0.15, 0.2) is 0 Å². The number of rotatable bonds is 2. The van der Waals surface area contributed by atoms with Crippen LogP contribution in [0.3, 0.4) is 0 Å². The van der Waals surface area contributed by atoms with Gasteiger partial charge < -0.3 is 9.47 Å². The molecule has 0 radical (unpaired) electrons. The largest absolute Gasteiger partial charge is 0.496 e. The highest BCUT2D eigenvalue weighted by Crippen LogP contribution is 2.34. The summed E-state index contributed by atoms with van der Waals surface area (Å²) >= 11 is 3.46. The van der Waals surface area contributed by atoms with Crippen LogP contribution in [0.4, 0.5) is 0 Å². The lowest BCUT2D eigenvalue weighted by molar-refractivity contribution is 0.410. The SMILES string of the molecule is COc1cc2c(OC)cccc2cc1Br. The molecule has 15 heavy (non-hydrogen) atoms. The lowest BCUT2D eigenvalue weighted by Crippen LogP contribution is -1.88. The van der Waals surface area contributed by atoms with Crippen molar-refractivity contribution in [2.75, 3.05) is 14.2 Å². The first-order chi connectivity index (χ1) is 7.26. The summed E-state index contributed by atoms with van der Waals surface area (Å²) in [6.07, 6.45) is 0. The van der Waals surface area contributed by atoms with E-state index in [1.54, 1.807) is 14.2 Å². The number of ether oxygens (including phenoxy) is 2. The Labute approximate surface area is 96.9 Å². The van der Waals surface area contributed by atoms with Crippen molar-refractivity contribution in [1.82, 2.24) is 0 Å². The van der Waals surface area contributed by atoms with Crippen LogP contribution in [-0.2, 0) is 0 Å². The average molecular weight is 267 g/mol. The predicted octanol–water partition coefficient (Wildman–Crippen LogP) is 3.62. The van der Waals surface area contributed by atoms with Crippen molar-refractivity contribution in [1.29, 1.82) is 0 Å². The van der Waals surface area contributed by atoms with E-state index in [0.717, 1.165) is 26.7 Å². The average Bonchev–Trinajstić information content (AvgIpc) is 2.27. The third-order valence-corrected chi connectivity index (χ3v) is 2.95. The molecule has 0 saturated heterocycles. The van der Waals surface area contributed by atoms with Crippen molar-refractivity contribution in [3.8, 4) is 11.5 Å². The highest BCUT2D eigenvalue weighted by Gasteiger charge is 2.06. The number of hydrogen-bond acceptors (Lipinski definition) is 2. The Morgan fingerprint density at radius 3 is 2.40 bits per heavy atom. The number of halogens is 1. The van der Waals surface area contributed by atoms with Crippen molar-refractivity contribution in [2.24, 2.45) is 0 Å². The zero-order chi connectivity index (χ0) is 10.8. The molecule has 0 N–H and O–H groups in total. The van der Waals surface area contributed by atoms with E-state index in [0.29, 0.717) is 0 Å². The molecule has 2 aromatic carbocycles. The van der Waals surface area contributed by atoms with Crippen molar-refractivity contribution in [2.45, 2.75) is 0 Å². The van der Waals surface area contributed by atoms with Crippen LogP contribution in [0.15, 0.2) is 34.8 Å². The van der Waals surface area contributed by atoms with E-state index in [1.807, 2.05) is 30.3 Å². The predicted molar refractivity (Wildman–Crippen MR) is 64.8 cm³/mol. The molecular weight excluding hydrogens is 256 g/mol. The molecule has 0 aliphatic heterocycles. The van der Waals surface area contributed by atoms with Crippen LogP contribution < -0.4 is 9.47 Å². The summed E-state index contributed by atoms with van der Waals surface area (Å²) in [5.41, 5.74) is 0.